The van der Waals surface area contributed by atoms with Crippen LogP contribution >= 0.6 is 11.6 Å². The molecule has 3 aromatic rings. The summed E-state index contributed by atoms with van der Waals surface area (Å²) in [5.41, 5.74) is 4.23. The van der Waals surface area contributed by atoms with E-state index in [1.807, 2.05) is 42.1 Å². The van der Waals surface area contributed by atoms with Gasteiger partial charge in [0.15, 0.2) is 0 Å². The minimum Gasteiger partial charge on any atom is -0.380 e. The molecule has 4 nitrogen and oxygen atoms in total. The van der Waals surface area contributed by atoms with Crippen molar-refractivity contribution in [3.63, 3.8) is 0 Å². The molecular formula is C18H20ClN3O. The topological polar surface area (TPSA) is 39.1 Å². The molecule has 0 saturated heterocycles. The molecule has 23 heavy (non-hydrogen) atoms. The van der Waals surface area contributed by atoms with E-state index in [4.69, 9.17) is 16.3 Å². The van der Waals surface area contributed by atoms with E-state index in [0.29, 0.717) is 24.8 Å². The van der Waals surface area contributed by atoms with Crippen LogP contribution in [0.3, 0.4) is 0 Å². The molecule has 0 atom stereocenters. The molecule has 120 valence electrons. The fraction of sp³-hybridized carbons (Fsp3) is 0.278. The predicted molar refractivity (Wildman–Crippen MR) is 95.7 cm³/mol. The Morgan fingerprint density at radius 1 is 1.26 bits per heavy atom. The van der Waals surface area contributed by atoms with E-state index in [1.54, 1.807) is 0 Å². The van der Waals surface area contributed by atoms with Gasteiger partial charge in [0.05, 0.1) is 30.6 Å². The van der Waals surface area contributed by atoms with Gasteiger partial charge in [0.1, 0.15) is 0 Å². The zero-order chi connectivity index (χ0) is 16.2. The highest BCUT2D eigenvalue weighted by Crippen LogP contribution is 2.30. The van der Waals surface area contributed by atoms with Gasteiger partial charge in [0, 0.05) is 22.7 Å². The summed E-state index contributed by atoms with van der Waals surface area (Å²) in [5, 5.41) is 9.63. The van der Waals surface area contributed by atoms with Gasteiger partial charge in [-0.15, -0.1) is 0 Å². The van der Waals surface area contributed by atoms with Gasteiger partial charge in [-0.1, -0.05) is 23.7 Å². The Balaban J connectivity index is 1.98. The third kappa shape index (κ3) is 3.66. The molecule has 1 heterocycles. The van der Waals surface area contributed by atoms with Gasteiger partial charge in [-0.25, -0.2) is 0 Å². The highest BCUT2D eigenvalue weighted by molar-refractivity contribution is 6.31. The van der Waals surface area contributed by atoms with Gasteiger partial charge in [-0.05, 0) is 43.7 Å². The van der Waals surface area contributed by atoms with Crippen LogP contribution < -0.4 is 5.32 Å². The Hall–Kier alpha value is -2.04. The van der Waals surface area contributed by atoms with Crippen molar-refractivity contribution in [2.45, 2.75) is 20.4 Å². The number of halogens is 1. The summed E-state index contributed by atoms with van der Waals surface area (Å²) < 4.78 is 7.40. The van der Waals surface area contributed by atoms with Crippen LogP contribution in [0, 0.1) is 6.92 Å². The molecule has 0 bridgehead atoms. The third-order valence-electron chi connectivity index (χ3n) is 3.65. The summed E-state index contributed by atoms with van der Waals surface area (Å²) in [6.07, 6.45) is 1.84. The van der Waals surface area contributed by atoms with Crippen LogP contribution in [0.5, 0.6) is 0 Å². The van der Waals surface area contributed by atoms with Gasteiger partial charge < -0.3 is 10.1 Å². The molecule has 5 heteroatoms. The maximum absolute atomic E-state index is 6.26. The van der Waals surface area contributed by atoms with Crippen molar-refractivity contribution in [3.05, 3.63) is 53.2 Å². The molecule has 0 saturated carbocycles. The van der Waals surface area contributed by atoms with Crippen LogP contribution in [0.25, 0.3) is 10.9 Å². The monoisotopic (exact) mass is 329 g/mol. The fourth-order valence-corrected chi connectivity index (χ4v) is 2.86. The van der Waals surface area contributed by atoms with E-state index in [2.05, 4.69) is 29.5 Å². The van der Waals surface area contributed by atoms with E-state index in [0.717, 1.165) is 22.3 Å². The molecule has 0 unspecified atom stereocenters. The molecule has 0 aliphatic carbocycles. The Morgan fingerprint density at radius 3 is 2.91 bits per heavy atom. The van der Waals surface area contributed by atoms with Crippen LogP contribution in [-0.2, 0) is 11.3 Å². The highest BCUT2D eigenvalue weighted by Gasteiger charge is 2.10. The second kappa shape index (κ2) is 7.02. The zero-order valence-electron chi connectivity index (χ0n) is 13.3. The number of anilines is 2. The summed E-state index contributed by atoms with van der Waals surface area (Å²) in [4.78, 5) is 0. The summed E-state index contributed by atoms with van der Waals surface area (Å²) >= 11 is 6.26. The maximum Gasteiger partial charge on any atom is 0.0919 e. The second-order valence-electron chi connectivity index (χ2n) is 5.45. The first-order chi connectivity index (χ1) is 11.2. The average Bonchev–Trinajstić information content (AvgIpc) is 2.90. The number of ether oxygens (including phenoxy) is 1. The largest absolute Gasteiger partial charge is 0.380 e. The first-order valence-electron chi connectivity index (χ1n) is 7.74. The van der Waals surface area contributed by atoms with Gasteiger partial charge in [0.2, 0.25) is 0 Å². The van der Waals surface area contributed by atoms with Gasteiger partial charge in [-0.3, -0.25) is 4.68 Å². The lowest BCUT2D eigenvalue weighted by molar-refractivity contribution is 0.137. The van der Waals surface area contributed by atoms with Crippen molar-refractivity contribution in [2.24, 2.45) is 0 Å². The molecule has 0 radical (unpaired) electrons. The quantitative estimate of drug-likeness (QED) is 0.661. The smallest absolute Gasteiger partial charge is 0.0919 e. The first kappa shape index (κ1) is 15.8. The Kier molecular flexibility index (Phi) is 4.84. The van der Waals surface area contributed by atoms with E-state index in [-0.39, 0.29) is 0 Å². The minimum atomic E-state index is 0.639. The van der Waals surface area contributed by atoms with Crippen molar-refractivity contribution in [1.82, 2.24) is 9.78 Å². The van der Waals surface area contributed by atoms with E-state index in [1.165, 1.54) is 5.56 Å². The molecule has 0 aliphatic rings. The fourth-order valence-electron chi connectivity index (χ4n) is 2.63. The van der Waals surface area contributed by atoms with E-state index < -0.39 is 0 Å². The maximum atomic E-state index is 6.26. The number of fused-ring (bicyclic) bond motifs is 1. The predicted octanol–water partition coefficient (Wildman–Crippen LogP) is 4.78. The third-order valence-corrected chi connectivity index (χ3v) is 3.87. The zero-order valence-corrected chi connectivity index (χ0v) is 14.1. The number of hydrogen-bond acceptors (Lipinski definition) is 3. The number of hydrogen-bond donors (Lipinski definition) is 1. The number of aromatic nitrogens is 2. The van der Waals surface area contributed by atoms with Crippen LogP contribution in [-0.4, -0.2) is 23.0 Å². The molecule has 3 rings (SSSR count). The van der Waals surface area contributed by atoms with Crippen molar-refractivity contribution in [1.29, 1.82) is 0 Å². The van der Waals surface area contributed by atoms with Crippen molar-refractivity contribution >= 4 is 33.9 Å². The normalized spacial score (nSPS) is 11.1. The summed E-state index contributed by atoms with van der Waals surface area (Å²) in [7, 11) is 0. The standard InChI is InChI=1S/C18H20ClN3O/c1-3-23-8-7-22-18-14(12-20-22)10-15(19)11-17(18)21-16-6-4-5-13(2)9-16/h4-6,9-12,21H,3,7-8H2,1-2H3. The van der Waals surface area contributed by atoms with Crippen molar-refractivity contribution < 1.29 is 4.74 Å². The molecule has 2 aromatic carbocycles. The Morgan fingerprint density at radius 2 is 2.13 bits per heavy atom. The Bertz CT molecular complexity index is 813. The molecule has 1 aromatic heterocycles. The lowest BCUT2D eigenvalue weighted by Crippen LogP contribution is -2.08. The SMILES string of the molecule is CCOCCn1ncc2cc(Cl)cc(Nc3cccc(C)c3)c21. The van der Waals surface area contributed by atoms with Crippen molar-refractivity contribution in [2.75, 3.05) is 18.5 Å². The summed E-state index contributed by atoms with van der Waals surface area (Å²) in [5.74, 6) is 0. The van der Waals surface area contributed by atoms with Gasteiger partial charge in [0.25, 0.3) is 0 Å². The van der Waals surface area contributed by atoms with Crippen LogP contribution in [0.1, 0.15) is 12.5 Å². The van der Waals surface area contributed by atoms with Gasteiger partial charge in [-0.2, -0.15) is 5.10 Å². The minimum absolute atomic E-state index is 0.639. The summed E-state index contributed by atoms with van der Waals surface area (Å²) in [6, 6.07) is 12.1. The van der Waals surface area contributed by atoms with Gasteiger partial charge >= 0.3 is 0 Å². The van der Waals surface area contributed by atoms with Crippen molar-refractivity contribution in [3.8, 4) is 0 Å². The number of benzene rings is 2. The van der Waals surface area contributed by atoms with E-state index >= 15 is 0 Å². The number of aryl methyl sites for hydroxylation is 1. The average molecular weight is 330 g/mol. The number of nitrogens with one attached hydrogen (secondary N) is 1. The van der Waals surface area contributed by atoms with E-state index in [9.17, 15) is 0 Å². The van der Waals surface area contributed by atoms with Crippen LogP contribution in [0.2, 0.25) is 5.02 Å². The lowest BCUT2D eigenvalue weighted by atomic mass is 10.2. The molecule has 0 fully saturated rings. The summed E-state index contributed by atoms with van der Waals surface area (Å²) in [6.45, 7) is 6.12. The number of rotatable bonds is 6. The molecule has 0 amide bonds. The molecule has 0 aliphatic heterocycles. The lowest BCUT2D eigenvalue weighted by Gasteiger charge is -2.12. The van der Waals surface area contributed by atoms with Crippen LogP contribution in [0.4, 0.5) is 11.4 Å². The first-order valence-corrected chi connectivity index (χ1v) is 8.11. The molecule has 0 spiro atoms. The molecular weight excluding hydrogens is 310 g/mol. The second-order valence-corrected chi connectivity index (χ2v) is 5.89. The number of nitrogens with zero attached hydrogens (tertiary/aromatic N) is 2. The van der Waals surface area contributed by atoms with Crippen LogP contribution in [0.15, 0.2) is 42.6 Å². The molecule has 1 N–H and O–H groups in total. The highest BCUT2D eigenvalue weighted by atomic mass is 35.5. The Labute approximate surface area is 141 Å².